The van der Waals surface area contributed by atoms with Crippen LogP contribution in [0.4, 0.5) is 5.69 Å². The lowest BCUT2D eigenvalue weighted by Gasteiger charge is -2.11. The van der Waals surface area contributed by atoms with Gasteiger partial charge in [-0.1, -0.05) is 35.9 Å². The van der Waals surface area contributed by atoms with Crippen LogP contribution in [-0.4, -0.2) is 21.2 Å². The Kier molecular flexibility index (Phi) is 5.78. The number of hydrogen-bond acceptors (Lipinski definition) is 2. The van der Waals surface area contributed by atoms with Gasteiger partial charge in [0.25, 0.3) is 0 Å². The summed E-state index contributed by atoms with van der Waals surface area (Å²) in [6.45, 7) is 2.08. The quantitative estimate of drug-likeness (QED) is 0.796. The molecule has 2 nitrogen and oxygen atoms in total. The third kappa shape index (κ3) is 4.91. The van der Waals surface area contributed by atoms with Gasteiger partial charge >= 0.3 is 0 Å². The lowest BCUT2D eigenvalue weighted by molar-refractivity contribution is 0.415. The van der Waals surface area contributed by atoms with Gasteiger partial charge in [0.05, 0.1) is 7.11 Å². The van der Waals surface area contributed by atoms with Crippen molar-refractivity contribution < 1.29 is 4.74 Å². The zero-order valence-corrected chi connectivity index (χ0v) is 11.6. The average molecular weight is 243 g/mol. The average Bonchev–Trinajstić information content (AvgIpc) is 2.40. The lowest BCUT2D eigenvalue weighted by atomic mass is 10.2. The summed E-state index contributed by atoms with van der Waals surface area (Å²) in [5, 5.41) is 0. The highest BCUT2D eigenvalue weighted by Crippen LogP contribution is 2.16. The molecule has 0 atom stereocenters. The van der Waals surface area contributed by atoms with E-state index in [2.05, 4.69) is 24.0 Å². The Bertz CT molecular complexity index is 434. The summed E-state index contributed by atoms with van der Waals surface area (Å²) < 4.78 is 5.03. The van der Waals surface area contributed by atoms with Gasteiger partial charge in [0.15, 0.2) is 0 Å². The molecule has 18 heavy (non-hydrogen) atoms. The topological polar surface area (TPSA) is 12.5 Å². The maximum Gasteiger partial charge on any atom is 0.119 e. The molecule has 0 saturated heterocycles. The molecule has 2 aromatic carbocycles. The fraction of sp³-hybridized carbons (Fsp3) is 0.250. The highest BCUT2D eigenvalue weighted by atomic mass is 16.5. The molecule has 2 heteroatoms. The zero-order chi connectivity index (χ0) is 13.4. The van der Waals surface area contributed by atoms with Crippen molar-refractivity contribution in [3.05, 3.63) is 60.2 Å². The van der Waals surface area contributed by atoms with Crippen molar-refractivity contribution in [2.75, 3.05) is 26.1 Å². The molecule has 0 aromatic heterocycles. The van der Waals surface area contributed by atoms with E-state index in [0.717, 1.165) is 5.75 Å². The van der Waals surface area contributed by atoms with Crippen molar-refractivity contribution in [1.29, 1.82) is 0 Å². The Hall–Kier alpha value is -1.96. The van der Waals surface area contributed by atoms with Crippen molar-refractivity contribution in [2.24, 2.45) is 0 Å². The summed E-state index contributed by atoms with van der Waals surface area (Å²) in [7, 11) is 5.70. The Morgan fingerprint density at radius 3 is 1.72 bits per heavy atom. The molecule has 0 saturated carbocycles. The van der Waals surface area contributed by atoms with Gasteiger partial charge in [-0.2, -0.15) is 0 Å². The number of ether oxygens (including phenoxy) is 1. The maximum absolute atomic E-state index is 5.03. The predicted molar refractivity (Wildman–Crippen MR) is 78.5 cm³/mol. The molecule has 0 fully saturated rings. The number of benzene rings is 2. The predicted octanol–water partition coefficient (Wildman–Crippen LogP) is 3.76. The van der Waals surface area contributed by atoms with Crippen molar-refractivity contribution >= 4 is 5.69 Å². The number of aryl methyl sites for hydroxylation is 1. The molecule has 96 valence electrons. The molecular formula is C16H21NO. The van der Waals surface area contributed by atoms with Crippen LogP contribution in [0.15, 0.2) is 54.6 Å². The summed E-state index contributed by atoms with van der Waals surface area (Å²) in [6.07, 6.45) is 0. The minimum atomic E-state index is 0.899. The van der Waals surface area contributed by atoms with E-state index in [9.17, 15) is 0 Å². The number of rotatable bonds is 2. The van der Waals surface area contributed by atoms with Crippen LogP contribution >= 0.6 is 0 Å². The first kappa shape index (κ1) is 14.1. The zero-order valence-electron chi connectivity index (χ0n) is 11.6. The van der Waals surface area contributed by atoms with E-state index in [1.807, 2.05) is 56.6 Å². The van der Waals surface area contributed by atoms with Crippen LogP contribution in [0, 0.1) is 6.92 Å². The van der Waals surface area contributed by atoms with Crippen LogP contribution in [0.25, 0.3) is 0 Å². The first-order valence-electron chi connectivity index (χ1n) is 5.96. The Morgan fingerprint density at radius 2 is 1.39 bits per heavy atom. The van der Waals surface area contributed by atoms with Gasteiger partial charge < -0.3 is 9.64 Å². The van der Waals surface area contributed by atoms with Crippen LogP contribution < -0.4 is 9.64 Å². The normalized spacial score (nSPS) is 9.11. The fourth-order valence-electron chi connectivity index (χ4n) is 1.41. The fourth-order valence-corrected chi connectivity index (χ4v) is 1.41. The van der Waals surface area contributed by atoms with Crippen LogP contribution in [-0.2, 0) is 0 Å². The van der Waals surface area contributed by atoms with E-state index in [1.54, 1.807) is 7.11 Å². The van der Waals surface area contributed by atoms with E-state index in [-0.39, 0.29) is 0 Å². The molecule has 2 aromatic rings. The van der Waals surface area contributed by atoms with Gasteiger partial charge in [-0.25, -0.2) is 0 Å². The second-order valence-electron chi connectivity index (χ2n) is 4.25. The molecule has 0 aliphatic carbocycles. The van der Waals surface area contributed by atoms with E-state index in [0.29, 0.717) is 0 Å². The highest BCUT2D eigenvalue weighted by Gasteiger charge is 1.93. The third-order valence-electron chi connectivity index (χ3n) is 2.53. The van der Waals surface area contributed by atoms with E-state index in [1.165, 1.54) is 11.3 Å². The van der Waals surface area contributed by atoms with Crippen molar-refractivity contribution in [3.63, 3.8) is 0 Å². The molecule has 0 radical (unpaired) electrons. The molecule has 0 spiro atoms. The molecule has 0 aliphatic rings. The molecule has 0 N–H and O–H groups in total. The van der Waals surface area contributed by atoms with E-state index < -0.39 is 0 Å². The van der Waals surface area contributed by atoms with Gasteiger partial charge in [-0.15, -0.1) is 0 Å². The van der Waals surface area contributed by atoms with Crippen LogP contribution in [0.5, 0.6) is 5.75 Å². The second-order valence-corrected chi connectivity index (χ2v) is 4.25. The SMILES string of the molecule is COc1ccc(N(C)C)cc1.Cc1ccccc1. The molecule has 0 unspecified atom stereocenters. The number of methoxy groups -OCH3 is 1. The summed E-state index contributed by atoms with van der Waals surface area (Å²) in [5.74, 6) is 0.899. The minimum Gasteiger partial charge on any atom is -0.497 e. The van der Waals surface area contributed by atoms with Crippen molar-refractivity contribution in [3.8, 4) is 5.75 Å². The smallest absolute Gasteiger partial charge is 0.119 e. The number of hydrogen-bond donors (Lipinski definition) is 0. The number of anilines is 1. The van der Waals surface area contributed by atoms with Crippen molar-refractivity contribution in [2.45, 2.75) is 6.92 Å². The molecule has 2 rings (SSSR count). The first-order valence-corrected chi connectivity index (χ1v) is 5.96. The van der Waals surface area contributed by atoms with Crippen molar-refractivity contribution in [1.82, 2.24) is 0 Å². The minimum absolute atomic E-state index is 0.899. The summed E-state index contributed by atoms with van der Waals surface area (Å²) in [4.78, 5) is 2.06. The highest BCUT2D eigenvalue weighted by molar-refractivity contribution is 5.47. The summed E-state index contributed by atoms with van der Waals surface area (Å²) >= 11 is 0. The van der Waals surface area contributed by atoms with E-state index in [4.69, 9.17) is 4.74 Å². The van der Waals surface area contributed by atoms with Gasteiger partial charge in [0, 0.05) is 19.8 Å². The van der Waals surface area contributed by atoms with Crippen LogP contribution in [0.2, 0.25) is 0 Å². The molecular weight excluding hydrogens is 222 g/mol. The Balaban J connectivity index is 0.000000199. The second kappa shape index (κ2) is 7.38. The monoisotopic (exact) mass is 243 g/mol. The number of nitrogens with zero attached hydrogens (tertiary/aromatic N) is 1. The molecule has 0 aliphatic heterocycles. The lowest BCUT2D eigenvalue weighted by Crippen LogP contribution is -2.07. The third-order valence-corrected chi connectivity index (χ3v) is 2.53. The van der Waals surface area contributed by atoms with Gasteiger partial charge in [0.2, 0.25) is 0 Å². The van der Waals surface area contributed by atoms with Gasteiger partial charge in [-0.3, -0.25) is 0 Å². The molecule has 0 amide bonds. The van der Waals surface area contributed by atoms with Crippen LogP contribution in [0.1, 0.15) is 5.56 Å². The Morgan fingerprint density at radius 1 is 0.833 bits per heavy atom. The summed E-state index contributed by atoms with van der Waals surface area (Å²) in [6, 6.07) is 18.2. The molecule has 0 bridgehead atoms. The summed E-state index contributed by atoms with van der Waals surface area (Å²) in [5.41, 5.74) is 2.51. The largest absolute Gasteiger partial charge is 0.497 e. The Labute approximate surface area is 110 Å². The first-order chi connectivity index (χ1) is 8.63. The maximum atomic E-state index is 5.03. The molecule has 0 heterocycles. The van der Waals surface area contributed by atoms with Gasteiger partial charge in [0.1, 0.15) is 5.75 Å². The van der Waals surface area contributed by atoms with Crippen LogP contribution in [0.3, 0.4) is 0 Å². The standard InChI is InChI=1S/C9H13NO.C7H8/c1-10(2)8-4-6-9(11-3)7-5-8;1-7-5-3-2-4-6-7/h4-7H,1-3H3;2-6H,1H3. The van der Waals surface area contributed by atoms with E-state index >= 15 is 0 Å². The van der Waals surface area contributed by atoms with Gasteiger partial charge in [-0.05, 0) is 31.2 Å².